The number of aliphatic carboxylic acids is 1. The van der Waals surface area contributed by atoms with Crippen molar-refractivity contribution in [3.05, 3.63) is 60.3 Å². The number of carboxylic acid groups (broad SMARTS) is 1. The number of nitrogens with one attached hydrogen (secondary N) is 2. The molecule has 0 radical (unpaired) electrons. The van der Waals surface area contributed by atoms with Gasteiger partial charge in [0.25, 0.3) is 5.91 Å². The maximum atomic E-state index is 13.0. The molecule has 218 valence electrons. The SMILES string of the molecule is O=C(NC(Cc1c[nH]c2ccccc12)C(=O)O)C1=NOC2(CCN(S(=O)(=O)c3ccc(OC(F)(F)F)cc3)CC2)C1. The Morgan fingerprint density at radius 1 is 1.15 bits per heavy atom. The molecule has 2 aromatic carbocycles. The molecule has 3 N–H and O–H groups in total. The Hall–Kier alpha value is -4.11. The summed E-state index contributed by atoms with van der Waals surface area (Å²) in [6, 6.07) is 10.1. The third-order valence-corrected chi connectivity index (χ3v) is 9.05. The molecule has 0 saturated carbocycles. The number of sulfonamides is 1. The fourth-order valence-electron chi connectivity index (χ4n) is 4.97. The van der Waals surface area contributed by atoms with Gasteiger partial charge in [-0.2, -0.15) is 4.31 Å². The van der Waals surface area contributed by atoms with Gasteiger partial charge in [0.2, 0.25) is 10.0 Å². The minimum Gasteiger partial charge on any atom is -0.480 e. The quantitative estimate of drug-likeness (QED) is 0.363. The van der Waals surface area contributed by atoms with Gasteiger partial charge in [0.05, 0.1) is 4.90 Å². The van der Waals surface area contributed by atoms with Crippen LogP contribution in [0.1, 0.15) is 24.8 Å². The number of fused-ring (bicyclic) bond motifs is 1. The monoisotopic (exact) mass is 594 g/mol. The number of amides is 1. The lowest BCUT2D eigenvalue weighted by atomic mass is 9.87. The zero-order valence-electron chi connectivity index (χ0n) is 21.3. The molecule has 1 amide bonds. The lowest BCUT2D eigenvalue weighted by Gasteiger charge is -2.36. The number of alkyl halides is 3. The third kappa shape index (κ3) is 6.15. The zero-order chi connectivity index (χ0) is 29.4. The minimum absolute atomic E-state index is 0.00624. The molecule has 2 aliphatic heterocycles. The van der Waals surface area contributed by atoms with Gasteiger partial charge in [-0.15, -0.1) is 13.2 Å². The second kappa shape index (κ2) is 10.7. The van der Waals surface area contributed by atoms with Crippen molar-refractivity contribution >= 4 is 38.5 Å². The van der Waals surface area contributed by atoms with Gasteiger partial charge in [-0.05, 0) is 35.9 Å². The highest BCUT2D eigenvalue weighted by Crippen LogP contribution is 2.36. The van der Waals surface area contributed by atoms with Gasteiger partial charge in [0, 0.05) is 55.9 Å². The number of halogens is 3. The van der Waals surface area contributed by atoms with Gasteiger partial charge >= 0.3 is 12.3 Å². The van der Waals surface area contributed by atoms with E-state index in [1.165, 1.54) is 4.31 Å². The van der Waals surface area contributed by atoms with Crippen molar-refractivity contribution in [2.24, 2.45) is 5.16 Å². The van der Waals surface area contributed by atoms with Crippen molar-refractivity contribution in [3.8, 4) is 5.75 Å². The average Bonchev–Trinajstić information content (AvgIpc) is 3.52. The van der Waals surface area contributed by atoms with Crippen LogP contribution in [0.5, 0.6) is 5.75 Å². The van der Waals surface area contributed by atoms with Gasteiger partial charge in [-0.1, -0.05) is 23.4 Å². The first-order valence-electron chi connectivity index (χ1n) is 12.5. The van der Waals surface area contributed by atoms with Crippen molar-refractivity contribution in [2.45, 2.75) is 48.6 Å². The molecule has 41 heavy (non-hydrogen) atoms. The van der Waals surface area contributed by atoms with Crippen LogP contribution in [0.3, 0.4) is 0 Å². The van der Waals surface area contributed by atoms with Gasteiger partial charge in [0.1, 0.15) is 23.1 Å². The normalized spacial score (nSPS) is 18.1. The molecule has 2 aliphatic rings. The van der Waals surface area contributed by atoms with Crippen LogP contribution >= 0.6 is 0 Å². The summed E-state index contributed by atoms with van der Waals surface area (Å²) in [7, 11) is -4.01. The predicted molar refractivity (Wildman–Crippen MR) is 139 cm³/mol. The standard InChI is InChI=1S/C26H25F3N4O7S/c27-26(28,29)39-17-5-7-18(8-6-17)41(37,38)33-11-9-25(10-12-33)14-22(32-40-25)23(34)31-21(24(35)36)13-16-15-30-20-4-2-1-3-19(16)20/h1-8,15,21,30H,9-14H2,(H,31,34)(H,35,36). The van der Waals surface area contributed by atoms with Gasteiger partial charge in [-0.3, -0.25) is 4.79 Å². The largest absolute Gasteiger partial charge is 0.573 e. The Balaban J connectivity index is 1.18. The van der Waals surface area contributed by atoms with Gasteiger partial charge in [-0.25, -0.2) is 13.2 Å². The summed E-state index contributed by atoms with van der Waals surface area (Å²) in [4.78, 5) is 33.3. The number of aromatic nitrogens is 1. The number of H-pyrrole nitrogens is 1. The summed E-state index contributed by atoms with van der Waals surface area (Å²) >= 11 is 0. The number of rotatable bonds is 8. The maximum Gasteiger partial charge on any atom is 0.573 e. The first-order valence-corrected chi connectivity index (χ1v) is 14.0. The highest BCUT2D eigenvalue weighted by Gasteiger charge is 2.46. The summed E-state index contributed by atoms with van der Waals surface area (Å²) in [5.41, 5.74) is 0.644. The van der Waals surface area contributed by atoms with Crippen molar-refractivity contribution < 1.29 is 45.9 Å². The van der Waals surface area contributed by atoms with Crippen LogP contribution in [0.15, 0.2) is 64.8 Å². The van der Waals surface area contributed by atoms with E-state index in [0.717, 1.165) is 40.7 Å². The first-order chi connectivity index (χ1) is 19.4. The number of para-hydroxylation sites is 1. The van der Waals surface area contributed by atoms with Crippen molar-refractivity contribution in [3.63, 3.8) is 0 Å². The van der Waals surface area contributed by atoms with Crippen LogP contribution in [0.2, 0.25) is 0 Å². The van der Waals surface area contributed by atoms with E-state index in [-0.39, 0.29) is 49.4 Å². The molecule has 15 heteroatoms. The number of aromatic amines is 1. The molecule has 0 bridgehead atoms. The molecule has 1 spiro atoms. The zero-order valence-corrected chi connectivity index (χ0v) is 22.2. The Morgan fingerprint density at radius 3 is 2.49 bits per heavy atom. The molecule has 0 aliphatic carbocycles. The second-order valence-electron chi connectivity index (χ2n) is 9.84. The van der Waals surface area contributed by atoms with E-state index in [1.54, 1.807) is 6.20 Å². The molecule has 1 unspecified atom stereocenters. The number of hydrogen-bond acceptors (Lipinski definition) is 7. The Morgan fingerprint density at radius 2 is 1.83 bits per heavy atom. The fourth-order valence-corrected chi connectivity index (χ4v) is 6.41. The summed E-state index contributed by atoms with van der Waals surface area (Å²) < 4.78 is 68.2. The van der Waals surface area contributed by atoms with Crippen molar-refractivity contribution in [1.29, 1.82) is 0 Å². The molecular weight excluding hydrogens is 569 g/mol. The number of piperidine rings is 1. The lowest BCUT2D eigenvalue weighted by molar-refractivity contribution is -0.274. The second-order valence-corrected chi connectivity index (χ2v) is 11.8. The van der Waals surface area contributed by atoms with Crippen LogP contribution in [-0.2, 0) is 30.9 Å². The minimum atomic E-state index is -4.90. The number of hydrogen-bond donors (Lipinski definition) is 3. The van der Waals surface area contributed by atoms with Crippen LogP contribution in [0.25, 0.3) is 10.9 Å². The molecule has 11 nitrogen and oxygen atoms in total. The Bertz CT molecular complexity index is 1590. The predicted octanol–water partition coefficient (Wildman–Crippen LogP) is 3.18. The van der Waals surface area contributed by atoms with E-state index in [1.807, 2.05) is 24.3 Å². The average molecular weight is 595 g/mol. The van der Waals surface area contributed by atoms with E-state index >= 15 is 0 Å². The highest BCUT2D eigenvalue weighted by molar-refractivity contribution is 7.89. The number of carbonyl (C=O) groups excluding carboxylic acids is 1. The van der Waals surface area contributed by atoms with Crippen molar-refractivity contribution in [2.75, 3.05) is 13.1 Å². The molecule has 1 saturated heterocycles. The number of oxime groups is 1. The molecule has 5 rings (SSSR count). The Kier molecular flexibility index (Phi) is 7.42. The van der Waals surface area contributed by atoms with Crippen LogP contribution in [0.4, 0.5) is 13.2 Å². The summed E-state index contributed by atoms with van der Waals surface area (Å²) in [5.74, 6) is -2.44. The molecule has 3 heterocycles. The Labute approximate surface area is 232 Å². The molecule has 1 atom stereocenters. The topological polar surface area (TPSA) is 150 Å². The summed E-state index contributed by atoms with van der Waals surface area (Å²) in [6.45, 7) is 0.0394. The van der Waals surface area contributed by atoms with E-state index in [2.05, 4.69) is 20.2 Å². The smallest absolute Gasteiger partial charge is 0.480 e. The first kappa shape index (κ1) is 28.4. The number of nitrogens with zero attached hydrogens (tertiary/aromatic N) is 2. The van der Waals surface area contributed by atoms with E-state index in [0.29, 0.717) is 0 Å². The molecule has 1 fully saturated rings. The van der Waals surface area contributed by atoms with E-state index in [4.69, 9.17) is 4.84 Å². The molecule has 3 aromatic rings. The summed E-state index contributed by atoms with van der Waals surface area (Å²) in [6.07, 6.45) is -2.70. The number of carboxylic acids is 1. The molecule has 1 aromatic heterocycles. The maximum absolute atomic E-state index is 13.0. The number of ether oxygens (including phenoxy) is 1. The van der Waals surface area contributed by atoms with E-state index < -0.39 is 45.7 Å². The number of carbonyl (C=O) groups is 2. The van der Waals surface area contributed by atoms with Gasteiger partial charge < -0.3 is 25.0 Å². The van der Waals surface area contributed by atoms with Crippen LogP contribution < -0.4 is 10.1 Å². The van der Waals surface area contributed by atoms with E-state index in [9.17, 15) is 36.3 Å². The third-order valence-electron chi connectivity index (χ3n) is 7.13. The highest BCUT2D eigenvalue weighted by atomic mass is 32.2. The summed E-state index contributed by atoms with van der Waals surface area (Å²) in [5, 5.41) is 17.0. The number of benzene rings is 2. The fraction of sp³-hybridized carbons (Fsp3) is 0.346. The van der Waals surface area contributed by atoms with Gasteiger partial charge in [0.15, 0.2) is 0 Å². The van der Waals surface area contributed by atoms with Crippen LogP contribution in [-0.4, -0.2) is 71.5 Å². The van der Waals surface area contributed by atoms with Crippen LogP contribution in [0, 0.1) is 0 Å². The lowest BCUT2D eigenvalue weighted by Crippen LogP contribution is -2.48. The van der Waals surface area contributed by atoms with Crippen molar-refractivity contribution in [1.82, 2.24) is 14.6 Å². The molecular formula is C26H25F3N4O7S.